The minimum absolute atomic E-state index is 0.0227. The van der Waals surface area contributed by atoms with Gasteiger partial charge in [0.2, 0.25) is 0 Å². The Balaban J connectivity index is 2.07. The number of hydrogen-bond acceptors (Lipinski definition) is 4. The van der Waals surface area contributed by atoms with Crippen LogP contribution in [0.4, 0.5) is 0 Å². The minimum Gasteiger partial charge on any atom is -0.394 e. The van der Waals surface area contributed by atoms with Gasteiger partial charge in [0, 0.05) is 13.2 Å². The SMILES string of the molecule is CCCOCCOCCC[C@H]1O[C@H](CO)C[C@H](C)[C@H]1C. The van der Waals surface area contributed by atoms with Gasteiger partial charge in [0.15, 0.2) is 0 Å². The predicted molar refractivity (Wildman–Crippen MR) is 79.9 cm³/mol. The van der Waals surface area contributed by atoms with E-state index in [0.29, 0.717) is 25.0 Å². The van der Waals surface area contributed by atoms with Gasteiger partial charge in [-0.3, -0.25) is 0 Å². The van der Waals surface area contributed by atoms with Gasteiger partial charge >= 0.3 is 0 Å². The molecule has 1 fully saturated rings. The molecule has 0 aliphatic carbocycles. The number of aliphatic hydroxyl groups excluding tert-OH is 1. The second-order valence-electron chi connectivity index (χ2n) is 5.92. The lowest BCUT2D eigenvalue weighted by molar-refractivity contribution is -0.121. The van der Waals surface area contributed by atoms with E-state index in [9.17, 15) is 5.11 Å². The van der Waals surface area contributed by atoms with Crippen molar-refractivity contribution in [3.05, 3.63) is 0 Å². The Hall–Kier alpha value is -0.160. The number of aliphatic hydroxyl groups is 1. The molecular weight excluding hydrogens is 256 g/mol. The molecule has 4 nitrogen and oxygen atoms in total. The molecule has 0 amide bonds. The van der Waals surface area contributed by atoms with Crippen LogP contribution < -0.4 is 0 Å². The van der Waals surface area contributed by atoms with E-state index in [1.54, 1.807) is 0 Å². The van der Waals surface area contributed by atoms with Gasteiger partial charge in [0.05, 0.1) is 32.0 Å². The Labute approximate surface area is 123 Å². The van der Waals surface area contributed by atoms with Gasteiger partial charge in [-0.1, -0.05) is 20.8 Å². The molecule has 4 atom stereocenters. The first-order valence-corrected chi connectivity index (χ1v) is 8.10. The van der Waals surface area contributed by atoms with E-state index in [2.05, 4.69) is 20.8 Å². The second-order valence-corrected chi connectivity index (χ2v) is 5.92. The largest absolute Gasteiger partial charge is 0.394 e. The van der Waals surface area contributed by atoms with Crippen LogP contribution in [0.3, 0.4) is 0 Å². The van der Waals surface area contributed by atoms with E-state index >= 15 is 0 Å². The molecule has 0 saturated carbocycles. The highest BCUT2D eigenvalue weighted by atomic mass is 16.5. The maximum absolute atomic E-state index is 9.26. The summed E-state index contributed by atoms with van der Waals surface area (Å²) in [6.45, 7) is 9.69. The first-order valence-electron chi connectivity index (χ1n) is 8.10. The number of ether oxygens (including phenoxy) is 3. The highest BCUT2D eigenvalue weighted by molar-refractivity contribution is 4.80. The third kappa shape index (κ3) is 6.53. The van der Waals surface area contributed by atoms with Crippen LogP contribution in [-0.4, -0.2) is 50.3 Å². The molecular formula is C16H32O4. The quantitative estimate of drug-likeness (QED) is 0.628. The first-order chi connectivity index (χ1) is 9.69. The van der Waals surface area contributed by atoms with Crippen LogP contribution in [0, 0.1) is 11.8 Å². The molecule has 0 aromatic rings. The maximum atomic E-state index is 9.26. The summed E-state index contributed by atoms with van der Waals surface area (Å²) >= 11 is 0. The lowest BCUT2D eigenvalue weighted by atomic mass is 9.82. The fraction of sp³-hybridized carbons (Fsp3) is 1.00. The molecule has 0 unspecified atom stereocenters. The zero-order valence-electron chi connectivity index (χ0n) is 13.3. The van der Waals surface area contributed by atoms with Gasteiger partial charge in [-0.15, -0.1) is 0 Å². The van der Waals surface area contributed by atoms with Crippen molar-refractivity contribution < 1.29 is 19.3 Å². The highest BCUT2D eigenvalue weighted by Gasteiger charge is 2.32. The van der Waals surface area contributed by atoms with Crippen molar-refractivity contribution in [1.29, 1.82) is 0 Å². The van der Waals surface area contributed by atoms with Crippen molar-refractivity contribution in [3.63, 3.8) is 0 Å². The van der Waals surface area contributed by atoms with Crippen LogP contribution >= 0.6 is 0 Å². The summed E-state index contributed by atoms with van der Waals surface area (Å²) in [4.78, 5) is 0. The fourth-order valence-electron chi connectivity index (χ4n) is 2.72. The van der Waals surface area contributed by atoms with Gasteiger partial charge in [-0.2, -0.15) is 0 Å². The van der Waals surface area contributed by atoms with E-state index in [0.717, 1.165) is 38.9 Å². The summed E-state index contributed by atoms with van der Waals surface area (Å²) in [5.41, 5.74) is 0. The van der Waals surface area contributed by atoms with Crippen LogP contribution in [0.5, 0.6) is 0 Å². The third-order valence-electron chi connectivity index (χ3n) is 4.19. The van der Waals surface area contributed by atoms with Gasteiger partial charge in [-0.25, -0.2) is 0 Å². The number of rotatable bonds is 10. The monoisotopic (exact) mass is 288 g/mol. The number of hydrogen-bond donors (Lipinski definition) is 1. The molecule has 120 valence electrons. The zero-order valence-corrected chi connectivity index (χ0v) is 13.3. The van der Waals surface area contributed by atoms with E-state index in [-0.39, 0.29) is 18.8 Å². The lowest BCUT2D eigenvalue weighted by Crippen LogP contribution is -2.40. The van der Waals surface area contributed by atoms with Crippen molar-refractivity contribution in [2.24, 2.45) is 11.8 Å². The Bertz CT molecular complexity index is 235. The molecule has 0 spiro atoms. The maximum Gasteiger partial charge on any atom is 0.0812 e. The second kappa shape index (κ2) is 10.6. The predicted octanol–water partition coefficient (Wildman–Crippen LogP) is 2.63. The molecule has 0 aromatic heterocycles. The summed E-state index contributed by atoms with van der Waals surface area (Å²) in [5.74, 6) is 1.18. The zero-order chi connectivity index (χ0) is 14.8. The molecule has 1 heterocycles. The minimum atomic E-state index is 0.0227. The molecule has 1 aliphatic heterocycles. The Morgan fingerprint density at radius 3 is 2.45 bits per heavy atom. The van der Waals surface area contributed by atoms with Crippen molar-refractivity contribution in [2.45, 2.75) is 58.7 Å². The van der Waals surface area contributed by atoms with Crippen molar-refractivity contribution in [1.82, 2.24) is 0 Å². The van der Waals surface area contributed by atoms with Crippen LogP contribution in [0.25, 0.3) is 0 Å². The molecule has 1 N–H and O–H groups in total. The molecule has 0 aromatic carbocycles. The summed E-state index contributed by atoms with van der Waals surface area (Å²) in [5, 5.41) is 9.26. The van der Waals surface area contributed by atoms with E-state index in [4.69, 9.17) is 14.2 Å². The highest BCUT2D eigenvalue weighted by Crippen LogP contribution is 2.32. The average molecular weight is 288 g/mol. The Kier molecular flexibility index (Phi) is 9.44. The van der Waals surface area contributed by atoms with Crippen molar-refractivity contribution in [3.8, 4) is 0 Å². The summed E-state index contributed by atoms with van der Waals surface area (Å²) in [7, 11) is 0. The van der Waals surface area contributed by atoms with E-state index in [1.807, 2.05) is 0 Å². The van der Waals surface area contributed by atoms with Crippen molar-refractivity contribution >= 4 is 0 Å². The molecule has 1 rings (SSSR count). The summed E-state index contributed by atoms with van der Waals surface area (Å²) < 4.78 is 16.9. The summed E-state index contributed by atoms with van der Waals surface area (Å²) in [6, 6.07) is 0. The topological polar surface area (TPSA) is 47.9 Å². The normalized spacial score (nSPS) is 30.6. The van der Waals surface area contributed by atoms with Crippen LogP contribution in [0.15, 0.2) is 0 Å². The van der Waals surface area contributed by atoms with Crippen LogP contribution in [-0.2, 0) is 14.2 Å². The molecule has 20 heavy (non-hydrogen) atoms. The molecule has 0 radical (unpaired) electrons. The van der Waals surface area contributed by atoms with Gasteiger partial charge in [0.25, 0.3) is 0 Å². The molecule has 1 saturated heterocycles. The molecule has 4 heteroatoms. The Morgan fingerprint density at radius 2 is 1.80 bits per heavy atom. The molecule has 1 aliphatic rings. The smallest absolute Gasteiger partial charge is 0.0812 e. The molecule has 0 bridgehead atoms. The first kappa shape index (κ1) is 17.9. The van der Waals surface area contributed by atoms with Crippen LogP contribution in [0.1, 0.15) is 46.5 Å². The van der Waals surface area contributed by atoms with Crippen molar-refractivity contribution in [2.75, 3.05) is 33.0 Å². The Morgan fingerprint density at radius 1 is 1.10 bits per heavy atom. The lowest BCUT2D eigenvalue weighted by Gasteiger charge is -2.38. The average Bonchev–Trinajstić information content (AvgIpc) is 2.45. The fourth-order valence-corrected chi connectivity index (χ4v) is 2.72. The third-order valence-corrected chi connectivity index (χ3v) is 4.19. The van der Waals surface area contributed by atoms with E-state index in [1.165, 1.54) is 0 Å². The van der Waals surface area contributed by atoms with Crippen LogP contribution in [0.2, 0.25) is 0 Å². The van der Waals surface area contributed by atoms with Gasteiger partial charge in [0.1, 0.15) is 0 Å². The standard InChI is InChI=1S/C16H32O4/c1-4-7-18-9-10-19-8-5-6-16-14(3)13(2)11-15(12-17)20-16/h13-17H,4-12H2,1-3H3/t13-,14+,15-,16+/m0/s1. The summed E-state index contributed by atoms with van der Waals surface area (Å²) in [6.07, 6.45) is 4.33. The van der Waals surface area contributed by atoms with E-state index < -0.39 is 0 Å². The van der Waals surface area contributed by atoms with Gasteiger partial charge < -0.3 is 19.3 Å². The van der Waals surface area contributed by atoms with Gasteiger partial charge in [-0.05, 0) is 37.5 Å².